The van der Waals surface area contributed by atoms with E-state index < -0.39 is 0 Å². The molecule has 5 heteroatoms. The monoisotopic (exact) mass is 371 g/mol. The van der Waals surface area contributed by atoms with E-state index in [0.29, 0.717) is 19.5 Å². The summed E-state index contributed by atoms with van der Waals surface area (Å²) in [4.78, 5) is 14.3. The van der Waals surface area contributed by atoms with E-state index in [0.717, 1.165) is 35.8 Å². The molecule has 4 nitrogen and oxygen atoms in total. The van der Waals surface area contributed by atoms with E-state index in [1.54, 1.807) is 0 Å². The fraction of sp³-hybridized carbons (Fsp3) is 0.381. The molecule has 0 spiro atoms. The maximum absolute atomic E-state index is 11.9. The van der Waals surface area contributed by atoms with Gasteiger partial charge in [-0.3, -0.25) is 4.79 Å². The first-order valence-corrected chi connectivity index (χ1v) is 9.68. The number of halogens is 1. The van der Waals surface area contributed by atoms with Gasteiger partial charge in [-0.1, -0.05) is 23.7 Å². The van der Waals surface area contributed by atoms with Crippen LogP contribution in [0.4, 0.5) is 11.4 Å². The number of hydrogen-bond acceptors (Lipinski definition) is 3. The number of hydrogen-bond donors (Lipinski definition) is 2. The van der Waals surface area contributed by atoms with Crippen LogP contribution in [0.1, 0.15) is 24.8 Å². The molecular weight excluding hydrogens is 346 g/mol. The Labute approximate surface area is 160 Å². The zero-order chi connectivity index (χ0) is 18.2. The lowest BCUT2D eigenvalue weighted by atomic mass is 10.1. The lowest BCUT2D eigenvalue weighted by molar-refractivity contribution is -0.120. The highest BCUT2D eigenvalue weighted by molar-refractivity contribution is 6.30. The van der Waals surface area contributed by atoms with Gasteiger partial charge in [-0.15, -0.1) is 0 Å². The number of carbonyl (C=O) groups is 1. The van der Waals surface area contributed by atoms with Crippen LogP contribution >= 0.6 is 11.6 Å². The highest BCUT2D eigenvalue weighted by Crippen LogP contribution is 2.21. The van der Waals surface area contributed by atoms with Crippen LogP contribution in [0.25, 0.3) is 0 Å². The summed E-state index contributed by atoms with van der Waals surface area (Å²) in [5.41, 5.74) is 3.47. The van der Waals surface area contributed by atoms with Crippen molar-refractivity contribution in [3.63, 3.8) is 0 Å². The Kier molecular flexibility index (Phi) is 6.78. The van der Waals surface area contributed by atoms with Crippen LogP contribution in [0.2, 0.25) is 5.02 Å². The summed E-state index contributed by atoms with van der Waals surface area (Å²) in [5, 5.41) is 7.00. The first-order valence-electron chi connectivity index (χ1n) is 9.31. The van der Waals surface area contributed by atoms with Crippen molar-refractivity contribution in [2.45, 2.75) is 25.7 Å². The molecule has 1 heterocycles. The Balaban J connectivity index is 1.33. The Hall–Kier alpha value is -2.20. The van der Waals surface area contributed by atoms with E-state index in [1.165, 1.54) is 18.5 Å². The van der Waals surface area contributed by atoms with Crippen molar-refractivity contribution in [2.75, 3.05) is 36.4 Å². The predicted octanol–water partition coefficient (Wildman–Crippen LogP) is 4.10. The number of rotatable bonds is 8. The van der Waals surface area contributed by atoms with Gasteiger partial charge < -0.3 is 15.5 Å². The molecule has 2 aromatic rings. The van der Waals surface area contributed by atoms with E-state index >= 15 is 0 Å². The van der Waals surface area contributed by atoms with E-state index in [4.69, 9.17) is 11.6 Å². The Morgan fingerprint density at radius 2 is 1.81 bits per heavy atom. The van der Waals surface area contributed by atoms with Crippen molar-refractivity contribution < 1.29 is 4.79 Å². The van der Waals surface area contributed by atoms with Crippen LogP contribution < -0.4 is 15.5 Å². The topological polar surface area (TPSA) is 44.4 Å². The maximum atomic E-state index is 11.9. The molecule has 1 saturated heterocycles. The molecule has 1 amide bonds. The fourth-order valence-corrected chi connectivity index (χ4v) is 3.43. The van der Waals surface area contributed by atoms with Crippen LogP contribution in [0.5, 0.6) is 0 Å². The largest absolute Gasteiger partial charge is 0.385 e. The molecule has 138 valence electrons. The second kappa shape index (κ2) is 9.48. The predicted molar refractivity (Wildman–Crippen MR) is 109 cm³/mol. The van der Waals surface area contributed by atoms with Gasteiger partial charge in [-0.05, 0) is 61.2 Å². The number of carbonyl (C=O) groups excluding carboxylic acids is 1. The third-order valence-electron chi connectivity index (χ3n) is 4.64. The van der Waals surface area contributed by atoms with Gasteiger partial charge in [-0.25, -0.2) is 0 Å². The molecule has 1 aliphatic rings. The molecule has 1 aliphatic heterocycles. The Morgan fingerprint density at radius 3 is 2.54 bits per heavy atom. The lowest BCUT2D eigenvalue weighted by Crippen LogP contribution is -2.27. The molecule has 3 rings (SSSR count). The number of benzene rings is 2. The van der Waals surface area contributed by atoms with E-state index in [1.807, 2.05) is 24.3 Å². The van der Waals surface area contributed by atoms with Gasteiger partial charge in [0.05, 0.1) is 0 Å². The Bertz CT molecular complexity index is 711. The van der Waals surface area contributed by atoms with Crippen molar-refractivity contribution in [1.82, 2.24) is 5.32 Å². The van der Waals surface area contributed by atoms with Crippen LogP contribution in [0.3, 0.4) is 0 Å². The average Bonchev–Trinajstić information content (AvgIpc) is 3.17. The van der Waals surface area contributed by atoms with Gasteiger partial charge in [0.15, 0.2) is 0 Å². The van der Waals surface area contributed by atoms with Gasteiger partial charge in [0, 0.05) is 49.0 Å². The van der Waals surface area contributed by atoms with Gasteiger partial charge in [0.1, 0.15) is 0 Å². The molecular formula is C21H26ClN3O. The molecule has 2 N–H and O–H groups in total. The normalized spacial score (nSPS) is 13.7. The zero-order valence-corrected chi connectivity index (χ0v) is 15.8. The van der Waals surface area contributed by atoms with Crippen LogP contribution in [0.15, 0.2) is 48.5 Å². The Morgan fingerprint density at radius 1 is 1.04 bits per heavy atom. The SMILES string of the molecule is O=C(CCNc1ccc(N2CCCC2)cc1)NCCc1cccc(Cl)c1. The second-order valence-electron chi connectivity index (χ2n) is 6.65. The summed E-state index contributed by atoms with van der Waals surface area (Å²) < 4.78 is 0. The van der Waals surface area contributed by atoms with Crippen molar-refractivity contribution in [1.29, 1.82) is 0 Å². The minimum Gasteiger partial charge on any atom is -0.385 e. The maximum Gasteiger partial charge on any atom is 0.221 e. The minimum absolute atomic E-state index is 0.0632. The zero-order valence-electron chi connectivity index (χ0n) is 15.0. The molecule has 1 fully saturated rings. The van der Waals surface area contributed by atoms with Gasteiger partial charge in [-0.2, -0.15) is 0 Å². The number of anilines is 2. The summed E-state index contributed by atoms with van der Waals surface area (Å²) in [6.07, 6.45) is 3.82. The van der Waals surface area contributed by atoms with Crippen LogP contribution in [0, 0.1) is 0 Å². The first kappa shape index (κ1) is 18.6. The molecule has 0 aliphatic carbocycles. The van der Waals surface area contributed by atoms with E-state index in [9.17, 15) is 4.79 Å². The van der Waals surface area contributed by atoms with Gasteiger partial charge >= 0.3 is 0 Å². The summed E-state index contributed by atoms with van der Waals surface area (Å²) in [6.45, 7) is 3.57. The molecule has 2 aromatic carbocycles. The third-order valence-corrected chi connectivity index (χ3v) is 4.88. The van der Waals surface area contributed by atoms with E-state index in [-0.39, 0.29) is 5.91 Å². The highest BCUT2D eigenvalue weighted by atomic mass is 35.5. The van der Waals surface area contributed by atoms with Crippen molar-refractivity contribution in [3.8, 4) is 0 Å². The molecule has 26 heavy (non-hydrogen) atoms. The molecule has 0 saturated carbocycles. The lowest BCUT2D eigenvalue weighted by Gasteiger charge is -2.18. The summed E-state index contributed by atoms with van der Waals surface area (Å²) >= 11 is 5.96. The van der Waals surface area contributed by atoms with Crippen LogP contribution in [-0.4, -0.2) is 32.1 Å². The van der Waals surface area contributed by atoms with Crippen molar-refractivity contribution in [3.05, 3.63) is 59.1 Å². The van der Waals surface area contributed by atoms with Crippen molar-refractivity contribution >= 4 is 28.9 Å². The summed E-state index contributed by atoms with van der Waals surface area (Å²) in [5.74, 6) is 0.0632. The average molecular weight is 372 g/mol. The molecule has 0 unspecified atom stereocenters. The molecule has 0 radical (unpaired) electrons. The molecule has 0 aromatic heterocycles. The van der Waals surface area contributed by atoms with Crippen molar-refractivity contribution in [2.24, 2.45) is 0 Å². The third kappa shape index (κ3) is 5.67. The number of nitrogens with one attached hydrogen (secondary N) is 2. The molecule has 0 atom stereocenters. The minimum atomic E-state index is 0.0632. The summed E-state index contributed by atoms with van der Waals surface area (Å²) in [7, 11) is 0. The van der Waals surface area contributed by atoms with E-state index in [2.05, 4.69) is 39.8 Å². The van der Waals surface area contributed by atoms with Gasteiger partial charge in [0.25, 0.3) is 0 Å². The quantitative estimate of drug-likeness (QED) is 0.734. The number of nitrogens with zero attached hydrogens (tertiary/aromatic N) is 1. The summed E-state index contributed by atoms with van der Waals surface area (Å²) in [6, 6.07) is 16.2. The number of amides is 1. The smallest absolute Gasteiger partial charge is 0.221 e. The fourth-order valence-electron chi connectivity index (χ4n) is 3.21. The standard InChI is InChI=1S/C21H26ClN3O/c22-18-5-3-4-17(16-18)10-12-24-21(26)11-13-23-19-6-8-20(9-7-19)25-14-1-2-15-25/h3-9,16,23H,1-2,10-15H2,(H,24,26). The van der Waals surface area contributed by atoms with Gasteiger partial charge in [0.2, 0.25) is 5.91 Å². The highest BCUT2D eigenvalue weighted by Gasteiger charge is 2.11. The first-order chi connectivity index (χ1) is 12.7. The van der Waals surface area contributed by atoms with Crippen LogP contribution in [-0.2, 0) is 11.2 Å². The second-order valence-corrected chi connectivity index (χ2v) is 7.08. The molecule has 0 bridgehead atoms.